The molecule has 3 rings (SSSR count). The van der Waals surface area contributed by atoms with Crippen LogP contribution < -0.4 is 21.1 Å². The number of aliphatic imine (C=N–C) groups is 2. The first-order valence-corrected chi connectivity index (χ1v) is 8.28. The summed E-state index contributed by atoms with van der Waals surface area (Å²) in [7, 11) is 0. The van der Waals surface area contributed by atoms with Crippen LogP contribution in [0.3, 0.4) is 0 Å². The molecule has 4 N–H and O–H groups in total. The van der Waals surface area contributed by atoms with Gasteiger partial charge in [0.15, 0.2) is 0 Å². The third-order valence-corrected chi connectivity index (χ3v) is 4.59. The molecule has 1 heterocycles. The van der Waals surface area contributed by atoms with E-state index in [1.165, 1.54) is 11.0 Å². The maximum atomic E-state index is 13.4. The Morgan fingerprint density at radius 3 is 2.37 bits per heavy atom. The smallest absolute Gasteiger partial charge is 0.420 e. The van der Waals surface area contributed by atoms with Gasteiger partial charge in [0.2, 0.25) is 11.9 Å². The van der Waals surface area contributed by atoms with E-state index in [2.05, 4.69) is 14.7 Å². The molecule has 11 heteroatoms. The van der Waals surface area contributed by atoms with E-state index in [0.29, 0.717) is 18.9 Å². The quantitative estimate of drug-likeness (QED) is 0.773. The second kappa shape index (κ2) is 6.86. The van der Waals surface area contributed by atoms with Crippen LogP contribution in [0.2, 0.25) is 0 Å². The highest BCUT2D eigenvalue weighted by atomic mass is 19.4. The molecule has 0 radical (unpaired) electrons. The summed E-state index contributed by atoms with van der Waals surface area (Å²) in [6.45, 7) is -3.38. The molecule has 1 aromatic rings. The van der Waals surface area contributed by atoms with Crippen LogP contribution in [0.25, 0.3) is 0 Å². The van der Waals surface area contributed by atoms with Crippen molar-refractivity contribution >= 4 is 17.6 Å². The molecule has 1 aromatic carbocycles. The summed E-state index contributed by atoms with van der Waals surface area (Å²) in [5, 5.41) is 0. The van der Waals surface area contributed by atoms with Gasteiger partial charge in [-0.05, 0) is 43.9 Å². The number of halogens is 5. The number of nitrogens with two attached hydrogens (primary N) is 2. The molecule has 2 aliphatic rings. The van der Waals surface area contributed by atoms with Crippen molar-refractivity contribution in [2.24, 2.45) is 21.5 Å². The minimum absolute atomic E-state index is 0.0309. The third kappa shape index (κ3) is 3.76. The van der Waals surface area contributed by atoms with Gasteiger partial charge in [-0.2, -0.15) is 26.9 Å². The summed E-state index contributed by atoms with van der Waals surface area (Å²) >= 11 is 0. The van der Waals surface area contributed by atoms with Gasteiger partial charge in [-0.1, -0.05) is 6.42 Å². The fourth-order valence-electron chi connectivity index (χ4n) is 3.57. The predicted octanol–water partition coefficient (Wildman–Crippen LogP) is 3.42. The average Bonchev–Trinajstić information content (AvgIpc) is 2.54. The zero-order valence-corrected chi connectivity index (χ0v) is 14.1. The lowest BCUT2D eigenvalue weighted by molar-refractivity contribution is -0.141. The van der Waals surface area contributed by atoms with E-state index in [4.69, 9.17) is 11.5 Å². The van der Waals surface area contributed by atoms with Gasteiger partial charge in [-0.15, -0.1) is 0 Å². The zero-order chi connectivity index (χ0) is 19.8. The zero-order valence-electron chi connectivity index (χ0n) is 14.1. The van der Waals surface area contributed by atoms with E-state index in [0.717, 1.165) is 25.3 Å². The lowest BCUT2D eigenvalue weighted by Crippen LogP contribution is -2.58. The lowest BCUT2D eigenvalue weighted by Gasteiger charge is -2.45. The minimum Gasteiger partial charge on any atom is -0.434 e. The van der Waals surface area contributed by atoms with E-state index in [9.17, 15) is 22.0 Å². The SMILES string of the molecule is NC1=NC2(CCCCC2)N(c2ccc(OC(F)F)c(C(F)(F)F)c2)C(N)=N1. The van der Waals surface area contributed by atoms with Gasteiger partial charge >= 0.3 is 12.8 Å². The number of anilines is 1. The van der Waals surface area contributed by atoms with Crippen molar-refractivity contribution in [3.05, 3.63) is 23.8 Å². The summed E-state index contributed by atoms with van der Waals surface area (Å²) in [6, 6.07) is 2.78. The van der Waals surface area contributed by atoms with Crippen molar-refractivity contribution in [1.82, 2.24) is 0 Å². The van der Waals surface area contributed by atoms with E-state index in [1.54, 1.807) is 0 Å². The van der Waals surface area contributed by atoms with Crippen molar-refractivity contribution < 1.29 is 26.7 Å². The molecule has 1 aliphatic heterocycles. The number of hydrogen-bond acceptors (Lipinski definition) is 6. The highest BCUT2D eigenvalue weighted by Gasteiger charge is 2.44. The Labute approximate surface area is 151 Å². The molecule has 0 unspecified atom stereocenters. The second-order valence-electron chi connectivity index (χ2n) is 6.38. The molecule has 0 saturated heterocycles. The Morgan fingerprint density at radius 2 is 1.78 bits per heavy atom. The van der Waals surface area contributed by atoms with Crippen molar-refractivity contribution in [2.75, 3.05) is 4.90 Å². The molecule has 1 aliphatic carbocycles. The van der Waals surface area contributed by atoms with E-state index >= 15 is 0 Å². The van der Waals surface area contributed by atoms with Crippen LogP contribution in [-0.4, -0.2) is 24.2 Å². The van der Waals surface area contributed by atoms with Crippen LogP contribution in [0.1, 0.15) is 37.7 Å². The van der Waals surface area contributed by atoms with E-state index < -0.39 is 29.8 Å². The molecule has 0 amide bonds. The van der Waals surface area contributed by atoms with Gasteiger partial charge in [-0.25, -0.2) is 4.99 Å². The van der Waals surface area contributed by atoms with Crippen LogP contribution >= 0.6 is 0 Å². The topological polar surface area (TPSA) is 89.2 Å². The average molecular weight is 391 g/mol. The molecular weight excluding hydrogens is 373 g/mol. The Kier molecular flexibility index (Phi) is 4.87. The number of ether oxygens (including phenoxy) is 1. The predicted molar refractivity (Wildman–Crippen MR) is 89.6 cm³/mol. The van der Waals surface area contributed by atoms with E-state index in [1.807, 2.05) is 0 Å². The standard InChI is InChI=1S/C16H18F5N5O/c17-12(18)27-11-5-4-9(8-10(11)16(19,20)21)26-14(23)24-13(22)25-15(26)6-2-1-3-7-15/h4-5,8,12H,1-3,6-7H2,(H4,22,23,24,25). The number of hydrogen-bond donors (Lipinski definition) is 2. The fourth-order valence-corrected chi connectivity index (χ4v) is 3.57. The molecule has 0 aromatic heterocycles. The highest BCUT2D eigenvalue weighted by Crippen LogP contribution is 2.43. The van der Waals surface area contributed by atoms with Crippen molar-refractivity contribution in [3.63, 3.8) is 0 Å². The molecule has 0 bridgehead atoms. The van der Waals surface area contributed by atoms with E-state index in [-0.39, 0.29) is 17.6 Å². The maximum Gasteiger partial charge on any atom is 0.420 e. The summed E-state index contributed by atoms with van der Waals surface area (Å²) in [6.07, 6.45) is -1.30. The first-order chi connectivity index (χ1) is 12.6. The summed E-state index contributed by atoms with van der Waals surface area (Å²) in [5.41, 5.74) is 9.45. The molecule has 1 spiro atoms. The number of guanidine groups is 2. The summed E-state index contributed by atoms with van der Waals surface area (Å²) in [4.78, 5) is 9.63. The molecule has 1 saturated carbocycles. The Hall–Kier alpha value is -2.59. The van der Waals surface area contributed by atoms with Gasteiger partial charge in [0.05, 0.1) is 5.56 Å². The summed E-state index contributed by atoms with van der Waals surface area (Å²) in [5.74, 6) is -1.10. The Balaban J connectivity index is 2.09. The van der Waals surface area contributed by atoms with Gasteiger partial charge < -0.3 is 16.2 Å². The van der Waals surface area contributed by atoms with Crippen LogP contribution in [0.4, 0.5) is 27.6 Å². The second-order valence-corrected chi connectivity index (χ2v) is 6.38. The number of benzene rings is 1. The number of alkyl halides is 5. The number of rotatable bonds is 3. The van der Waals surface area contributed by atoms with Crippen molar-refractivity contribution in [1.29, 1.82) is 0 Å². The highest BCUT2D eigenvalue weighted by molar-refractivity contribution is 6.05. The molecule has 1 fully saturated rings. The fraction of sp³-hybridized carbons (Fsp3) is 0.500. The van der Waals surface area contributed by atoms with Crippen LogP contribution in [0.5, 0.6) is 5.75 Å². The number of nitrogens with zero attached hydrogens (tertiary/aromatic N) is 3. The molecule has 148 valence electrons. The lowest BCUT2D eigenvalue weighted by atomic mass is 9.87. The van der Waals surface area contributed by atoms with Gasteiger partial charge in [0.25, 0.3) is 0 Å². The monoisotopic (exact) mass is 391 g/mol. The first-order valence-electron chi connectivity index (χ1n) is 8.28. The largest absolute Gasteiger partial charge is 0.434 e. The third-order valence-electron chi connectivity index (χ3n) is 4.59. The molecule has 0 atom stereocenters. The molecule has 6 nitrogen and oxygen atoms in total. The van der Waals surface area contributed by atoms with Crippen LogP contribution in [-0.2, 0) is 6.18 Å². The first kappa shape index (κ1) is 19.2. The van der Waals surface area contributed by atoms with Crippen LogP contribution in [0.15, 0.2) is 28.2 Å². The summed E-state index contributed by atoms with van der Waals surface area (Å²) < 4.78 is 69.1. The normalized spacial score (nSPS) is 19.9. The Bertz CT molecular complexity index is 771. The van der Waals surface area contributed by atoms with Gasteiger partial charge in [-0.3, -0.25) is 4.90 Å². The van der Waals surface area contributed by atoms with Gasteiger partial charge in [0.1, 0.15) is 11.4 Å². The van der Waals surface area contributed by atoms with Gasteiger partial charge in [0, 0.05) is 5.69 Å². The Morgan fingerprint density at radius 1 is 1.11 bits per heavy atom. The maximum absolute atomic E-state index is 13.4. The van der Waals surface area contributed by atoms with Crippen molar-refractivity contribution in [2.45, 2.75) is 50.6 Å². The molecule has 27 heavy (non-hydrogen) atoms. The molecular formula is C16H18F5N5O. The van der Waals surface area contributed by atoms with Crippen molar-refractivity contribution in [3.8, 4) is 5.75 Å². The minimum atomic E-state index is -4.90. The van der Waals surface area contributed by atoms with Crippen LogP contribution in [0, 0.1) is 0 Å².